The molecule has 0 bridgehead atoms. The molecule has 2 heterocycles. The summed E-state index contributed by atoms with van der Waals surface area (Å²) in [4.78, 5) is 33.5. The molecule has 1 aliphatic rings. The minimum absolute atomic E-state index is 0.0173. The van der Waals surface area contributed by atoms with E-state index in [1.165, 1.54) is 22.3 Å². The number of ether oxygens (including phenoxy) is 1. The van der Waals surface area contributed by atoms with Crippen molar-refractivity contribution in [3.8, 4) is 5.75 Å². The van der Waals surface area contributed by atoms with Gasteiger partial charge in [-0.05, 0) is 72.7 Å². The number of carbonyl (C=O) groups excluding carboxylic acids is 2. The van der Waals surface area contributed by atoms with E-state index in [2.05, 4.69) is 13.8 Å². The standard InChI is InChI=1S/C33H32N2O4S/c1-20(2)15-16-39-25-12-8-11-24(19-25)30-28(26(36)14-13-23-9-6-5-7-10-23)31(37)32(38)35(30)33-34-29-22(4)17-21(3)18-27(29)40-33/h5-14,17-20,30,37H,15-16H2,1-4H3/b14-13+. The molecular formula is C33H32N2O4S. The monoisotopic (exact) mass is 552 g/mol. The molecule has 3 aromatic carbocycles. The van der Waals surface area contributed by atoms with Crippen LogP contribution in [0.3, 0.4) is 0 Å². The third-order valence-corrected chi connectivity index (χ3v) is 7.86. The molecule has 204 valence electrons. The second-order valence-corrected chi connectivity index (χ2v) is 11.5. The summed E-state index contributed by atoms with van der Waals surface area (Å²) in [5, 5.41) is 11.5. The molecule has 1 aromatic heterocycles. The Kier molecular flexibility index (Phi) is 7.85. The lowest BCUT2D eigenvalue weighted by Gasteiger charge is -2.24. The fourth-order valence-electron chi connectivity index (χ4n) is 4.84. The van der Waals surface area contributed by atoms with Gasteiger partial charge in [0.25, 0.3) is 5.91 Å². The van der Waals surface area contributed by atoms with Gasteiger partial charge in [0.1, 0.15) is 5.75 Å². The van der Waals surface area contributed by atoms with Crippen LogP contribution in [0.5, 0.6) is 5.75 Å². The maximum absolute atomic E-state index is 13.6. The van der Waals surface area contributed by atoms with Gasteiger partial charge < -0.3 is 9.84 Å². The summed E-state index contributed by atoms with van der Waals surface area (Å²) in [5.74, 6) is -0.523. The molecule has 0 fully saturated rings. The number of hydrogen-bond donors (Lipinski definition) is 1. The minimum atomic E-state index is -0.865. The SMILES string of the molecule is Cc1cc(C)c2nc(N3C(=O)C(O)=C(C(=O)/C=C/c4ccccc4)C3c3cccc(OCCC(C)C)c3)sc2c1. The van der Waals surface area contributed by atoms with Crippen molar-refractivity contribution in [3.05, 3.63) is 106 Å². The van der Waals surface area contributed by atoms with Crippen molar-refractivity contribution in [2.45, 2.75) is 40.2 Å². The Morgan fingerprint density at radius 1 is 1.10 bits per heavy atom. The van der Waals surface area contributed by atoms with Gasteiger partial charge in [0.2, 0.25) is 0 Å². The number of anilines is 1. The Balaban J connectivity index is 1.58. The number of benzene rings is 3. The molecule has 0 radical (unpaired) electrons. The number of aliphatic hydroxyl groups is 1. The van der Waals surface area contributed by atoms with E-state index in [0.717, 1.165) is 33.3 Å². The molecule has 1 aliphatic heterocycles. The first-order valence-corrected chi connectivity index (χ1v) is 14.2. The number of aliphatic hydroxyl groups excluding tert-OH is 1. The molecule has 0 aliphatic carbocycles. The number of thiazole rings is 1. The van der Waals surface area contributed by atoms with Crippen LogP contribution in [0, 0.1) is 19.8 Å². The van der Waals surface area contributed by atoms with Crippen molar-refractivity contribution >= 4 is 44.5 Å². The Hall–Kier alpha value is -4.23. The van der Waals surface area contributed by atoms with Crippen molar-refractivity contribution in [1.82, 2.24) is 4.98 Å². The number of amides is 1. The summed E-state index contributed by atoms with van der Waals surface area (Å²) in [6.07, 6.45) is 3.99. The lowest BCUT2D eigenvalue weighted by Crippen LogP contribution is -2.30. The van der Waals surface area contributed by atoms with E-state index in [-0.39, 0.29) is 5.57 Å². The van der Waals surface area contributed by atoms with Crippen LogP contribution in [0.2, 0.25) is 0 Å². The van der Waals surface area contributed by atoms with Crippen LogP contribution in [0.1, 0.15) is 48.6 Å². The van der Waals surface area contributed by atoms with Gasteiger partial charge in [0, 0.05) is 0 Å². The molecule has 1 atom stereocenters. The predicted octanol–water partition coefficient (Wildman–Crippen LogP) is 7.52. The van der Waals surface area contributed by atoms with Crippen molar-refractivity contribution in [1.29, 1.82) is 0 Å². The van der Waals surface area contributed by atoms with Gasteiger partial charge in [0.05, 0.1) is 28.4 Å². The molecule has 1 unspecified atom stereocenters. The summed E-state index contributed by atoms with van der Waals surface area (Å²) in [7, 11) is 0. The molecule has 0 saturated heterocycles. The number of allylic oxidation sites excluding steroid dienone is 1. The molecule has 4 aromatic rings. The van der Waals surface area contributed by atoms with E-state index < -0.39 is 23.5 Å². The lowest BCUT2D eigenvalue weighted by atomic mass is 9.95. The van der Waals surface area contributed by atoms with E-state index in [0.29, 0.717) is 29.0 Å². The zero-order chi connectivity index (χ0) is 28.4. The van der Waals surface area contributed by atoms with Gasteiger partial charge in [-0.3, -0.25) is 14.5 Å². The van der Waals surface area contributed by atoms with Crippen molar-refractivity contribution in [2.24, 2.45) is 5.92 Å². The number of rotatable bonds is 9. The molecular weight excluding hydrogens is 520 g/mol. The average Bonchev–Trinajstić information content (AvgIpc) is 3.46. The lowest BCUT2D eigenvalue weighted by molar-refractivity contribution is -0.117. The Morgan fingerprint density at radius 2 is 1.88 bits per heavy atom. The van der Waals surface area contributed by atoms with Crippen LogP contribution < -0.4 is 9.64 Å². The molecule has 1 amide bonds. The van der Waals surface area contributed by atoms with Crippen LogP contribution in [0.15, 0.2) is 84.1 Å². The quantitative estimate of drug-likeness (QED) is 0.217. The highest BCUT2D eigenvalue weighted by Crippen LogP contribution is 2.44. The summed E-state index contributed by atoms with van der Waals surface area (Å²) < 4.78 is 6.93. The van der Waals surface area contributed by atoms with Crippen molar-refractivity contribution in [2.75, 3.05) is 11.5 Å². The van der Waals surface area contributed by atoms with E-state index >= 15 is 0 Å². The summed E-state index contributed by atoms with van der Waals surface area (Å²) in [5.41, 5.74) is 4.41. The fraction of sp³-hybridized carbons (Fsp3) is 0.242. The average molecular weight is 553 g/mol. The van der Waals surface area contributed by atoms with Crippen LogP contribution in [0.4, 0.5) is 5.13 Å². The van der Waals surface area contributed by atoms with Gasteiger partial charge >= 0.3 is 0 Å². The van der Waals surface area contributed by atoms with Crippen LogP contribution >= 0.6 is 11.3 Å². The topological polar surface area (TPSA) is 79.7 Å². The van der Waals surface area contributed by atoms with E-state index in [1.807, 2.05) is 80.6 Å². The highest BCUT2D eigenvalue weighted by atomic mass is 32.1. The molecule has 40 heavy (non-hydrogen) atoms. The highest BCUT2D eigenvalue weighted by molar-refractivity contribution is 7.22. The first kappa shape index (κ1) is 27.3. The van der Waals surface area contributed by atoms with Crippen LogP contribution in [-0.4, -0.2) is 28.4 Å². The number of nitrogens with zero attached hydrogens (tertiary/aromatic N) is 2. The van der Waals surface area contributed by atoms with E-state index in [9.17, 15) is 14.7 Å². The minimum Gasteiger partial charge on any atom is -0.503 e. The third-order valence-electron chi connectivity index (χ3n) is 6.86. The van der Waals surface area contributed by atoms with Gasteiger partial charge in [-0.1, -0.05) is 79.8 Å². The number of aromatic nitrogens is 1. The van der Waals surface area contributed by atoms with Crippen molar-refractivity contribution in [3.63, 3.8) is 0 Å². The third kappa shape index (κ3) is 5.56. The normalized spacial score (nSPS) is 15.7. The Bertz CT molecular complexity index is 1630. The molecule has 0 saturated carbocycles. The largest absolute Gasteiger partial charge is 0.503 e. The first-order chi connectivity index (χ1) is 19.2. The summed E-state index contributed by atoms with van der Waals surface area (Å²) >= 11 is 1.37. The first-order valence-electron chi connectivity index (χ1n) is 13.4. The highest BCUT2D eigenvalue weighted by Gasteiger charge is 2.45. The Morgan fingerprint density at radius 3 is 2.62 bits per heavy atom. The second-order valence-electron chi connectivity index (χ2n) is 10.5. The number of carbonyl (C=O) groups is 2. The number of ketones is 1. The zero-order valence-electron chi connectivity index (χ0n) is 23.0. The second kappa shape index (κ2) is 11.5. The molecule has 6 nitrogen and oxygen atoms in total. The molecule has 7 heteroatoms. The Labute approximate surface area is 238 Å². The maximum Gasteiger partial charge on any atom is 0.296 e. The summed E-state index contributed by atoms with van der Waals surface area (Å²) in [6, 6.07) is 20.0. The molecule has 0 spiro atoms. The van der Waals surface area contributed by atoms with E-state index in [4.69, 9.17) is 9.72 Å². The zero-order valence-corrected chi connectivity index (χ0v) is 23.9. The van der Waals surface area contributed by atoms with Gasteiger partial charge in [0.15, 0.2) is 16.7 Å². The van der Waals surface area contributed by atoms with Gasteiger partial charge in [-0.25, -0.2) is 4.98 Å². The van der Waals surface area contributed by atoms with Gasteiger partial charge in [-0.15, -0.1) is 0 Å². The van der Waals surface area contributed by atoms with Crippen molar-refractivity contribution < 1.29 is 19.4 Å². The predicted molar refractivity (Wildman–Crippen MR) is 161 cm³/mol. The number of hydrogen-bond acceptors (Lipinski definition) is 6. The van der Waals surface area contributed by atoms with Gasteiger partial charge in [-0.2, -0.15) is 0 Å². The van der Waals surface area contributed by atoms with Crippen LogP contribution in [0.25, 0.3) is 16.3 Å². The number of aryl methyl sites for hydroxylation is 2. The van der Waals surface area contributed by atoms with Crippen LogP contribution in [-0.2, 0) is 9.59 Å². The smallest absolute Gasteiger partial charge is 0.296 e. The summed E-state index contributed by atoms with van der Waals surface area (Å²) in [6.45, 7) is 8.83. The number of fused-ring (bicyclic) bond motifs is 1. The fourth-order valence-corrected chi connectivity index (χ4v) is 6.01. The van der Waals surface area contributed by atoms with E-state index in [1.54, 1.807) is 6.08 Å². The maximum atomic E-state index is 13.6. The molecule has 5 rings (SSSR count). The molecule has 1 N–H and O–H groups in total.